The first-order chi connectivity index (χ1) is 14.7. The summed E-state index contributed by atoms with van der Waals surface area (Å²) in [6.07, 6.45) is -2.45. The minimum Gasteiger partial charge on any atom is -0.331 e. The van der Waals surface area contributed by atoms with Gasteiger partial charge in [-0.25, -0.2) is 0 Å². The third kappa shape index (κ3) is 7.10. The lowest BCUT2D eigenvalue weighted by atomic mass is 10.2. The topological polar surface area (TPSA) is 49.3 Å². The Morgan fingerprint density at radius 2 is 1.65 bits per heavy atom. The first kappa shape index (κ1) is 23.3. The number of hydrogen-bond donors (Lipinski definition) is 2. The van der Waals surface area contributed by atoms with Crippen molar-refractivity contribution >= 4 is 64.2 Å². The SMILES string of the molecule is FC(F)(F)c1cnc(/C=N/NC(=S)Nc2ccc(Cl)cc2)c(Sc2ccc(Cl)cc2)c1. The average Bonchev–Trinajstić information content (AvgIpc) is 2.71. The van der Waals surface area contributed by atoms with Crippen LogP contribution in [0.4, 0.5) is 18.9 Å². The van der Waals surface area contributed by atoms with Crippen molar-refractivity contribution in [2.24, 2.45) is 5.10 Å². The van der Waals surface area contributed by atoms with Gasteiger partial charge in [0.15, 0.2) is 5.11 Å². The fourth-order valence-electron chi connectivity index (χ4n) is 2.26. The van der Waals surface area contributed by atoms with Crippen LogP contribution in [-0.4, -0.2) is 16.3 Å². The van der Waals surface area contributed by atoms with Crippen LogP contribution in [0.2, 0.25) is 10.0 Å². The molecule has 0 atom stereocenters. The van der Waals surface area contributed by atoms with Crippen molar-refractivity contribution < 1.29 is 13.2 Å². The number of aromatic nitrogens is 1. The molecule has 160 valence electrons. The van der Waals surface area contributed by atoms with Crippen molar-refractivity contribution in [3.05, 3.63) is 82.1 Å². The Balaban J connectivity index is 1.76. The van der Waals surface area contributed by atoms with Crippen molar-refractivity contribution in [1.82, 2.24) is 10.4 Å². The summed E-state index contributed by atoms with van der Waals surface area (Å²) in [7, 11) is 0. The van der Waals surface area contributed by atoms with Gasteiger partial charge in [-0.05, 0) is 66.8 Å². The van der Waals surface area contributed by atoms with Gasteiger partial charge in [-0.15, -0.1) is 0 Å². The van der Waals surface area contributed by atoms with Crippen molar-refractivity contribution in [2.45, 2.75) is 16.0 Å². The number of pyridine rings is 1. The van der Waals surface area contributed by atoms with Crippen LogP contribution in [0, 0.1) is 0 Å². The molecule has 0 bridgehead atoms. The van der Waals surface area contributed by atoms with E-state index in [4.69, 9.17) is 35.4 Å². The fourth-order valence-corrected chi connectivity index (χ4v) is 3.61. The predicted octanol–water partition coefficient (Wildman–Crippen LogP) is 6.88. The summed E-state index contributed by atoms with van der Waals surface area (Å²) < 4.78 is 39.4. The quantitative estimate of drug-likeness (QED) is 0.227. The normalized spacial score (nSPS) is 11.5. The number of nitrogens with zero attached hydrogens (tertiary/aromatic N) is 2. The van der Waals surface area contributed by atoms with Gasteiger partial charge in [-0.2, -0.15) is 18.3 Å². The molecular weight excluding hydrogens is 488 g/mol. The Bertz CT molecular complexity index is 1090. The number of hydrazone groups is 1. The van der Waals surface area contributed by atoms with E-state index in [0.717, 1.165) is 24.0 Å². The van der Waals surface area contributed by atoms with Gasteiger partial charge in [0.05, 0.1) is 17.5 Å². The van der Waals surface area contributed by atoms with Gasteiger partial charge >= 0.3 is 6.18 Å². The van der Waals surface area contributed by atoms with Gasteiger partial charge in [-0.1, -0.05) is 35.0 Å². The van der Waals surface area contributed by atoms with E-state index in [-0.39, 0.29) is 15.7 Å². The molecular formula is C20H13Cl2F3N4S2. The van der Waals surface area contributed by atoms with Crippen LogP contribution in [0.5, 0.6) is 0 Å². The molecule has 0 fully saturated rings. The number of hydrogen-bond acceptors (Lipinski definition) is 4. The second-order valence-corrected chi connectivity index (χ2v) is 8.39. The highest BCUT2D eigenvalue weighted by Crippen LogP contribution is 2.35. The predicted molar refractivity (Wildman–Crippen MR) is 123 cm³/mol. The smallest absolute Gasteiger partial charge is 0.331 e. The van der Waals surface area contributed by atoms with Gasteiger partial charge in [0.25, 0.3) is 0 Å². The lowest BCUT2D eigenvalue weighted by molar-refractivity contribution is -0.138. The summed E-state index contributed by atoms with van der Waals surface area (Å²) in [6.45, 7) is 0. The highest BCUT2D eigenvalue weighted by Gasteiger charge is 2.31. The Morgan fingerprint density at radius 3 is 2.26 bits per heavy atom. The number of nitrogens with one attached hydrogen (secondary N) is 2. The Kier molecular flexibility index (Phi) is 7.77. The molecule has 0 saturated heterocycles. The van der Waals surface area contributed by atoms with Crippen LogP contribution in [0.15, 0.2) is 75.7 Å². The van der Waals surface area contributed by atoms with Crippen molar-refractivity contribution in [3.8, 4) is 0 Å². The summed E-state index contributed by atoms with van der Waals surface area (Å²) in [4.78, 5) is 4.89. The molecule has 0 aliphatic rings. The highest BCUT2D eigenvalue weighted by atomic mass is 35.5. The Hall–Kier alpha value is -2.33. The van der Waals surface area contributed by atoms with E-state index >= 15 is 0 Å². The van der Waals surface area contributed by atoms with Crippen LogP contribution >= 0.6 is 47.2 Å². The third-order valence-corrected chi connectivity index (χ3v) is 5.46. The van der Waals surface area contributed by atoms with E-state index in [1.165, 1.54) is 6.21 Å². The molecule has 4 nitrogen and oxygen atoms in total. The van der Waals surface area contributed by atoms with Crippen LogP contribution in [-0.2, 0) is 6.18 Å². The molecule has 1 aromatic heterocycles. The molecule has 2 N–H and O–H groups in total. The fraction of sp³-hybridized carbons (Fsp3) is 0.0500. The second-order valence-electron chi connectivity index (χ2n) is 5.99. The molecule has 0 spiro atoms. The summed E-state index contributed by atoms with van der Waals surface area (Å²) in [5.41, 5.74) is 2.70. The summed E-state index contributed by atoms with van der Waals surface area (Å²) >= 11 is 18.0. The van der Waals surface area contributed by atoms with Crippen molar-refractivity contribution in [3.63, 3.8) is 0 Å². The minimum absolute atomic E-state index is 0.192. The van der Waals surface area contributed by atoms with Crippen LogP contribution in [0.25, 0.3) is 0 Å². The van der Waals surface area contributed by atoms with E-state index in [2.05, 4.69) is 20.8 Å². The van der Waals surface area contributed by atoms with Crippen molar-refractivity contribution in [1.29, 1.82) is 0 Å². The van der Waals surface area contributed by atoms with Crippen LogP contribution < -0.4 is 10.7 Å². The van der Waals surface area contributed by atoms with Gasteiger partial charge in [0.1, 0.15) is 0 Å². The number of alkyl halides is 3. The molecule has 3 rings (SSSR count). The first-order valence-corrected chi connectivity index (χ1v) is 10.5. The lowest BCUT2D eigenvalue weighted by Gasteiger charge is -2.11. The Labute approximate surface area is 195 Å². The first-order valence-electron chi connectivity index (χ1n) is 8.57. The maximum atomic E-state index is 13.1. The molecule has 2 aromatic carbocycles. The van der Waals surface area contributed by atoms with E-state index < -0.39 is 11.7 Å². The van der Waals surface area contributed by atoms with E-state index in [1.807, 2.05) is 0 Å². The average molecular weight is 501 g/mol. The molecule has 0 aliphatic heterocycles. The monoisotopic (exact) mass is 500 g/mol. The van der Waals surface area contributed by atoms with E-state index in [0.29, 0.717) is 20.6 Å². The summed E-state index contributed by atoms with van der Waals surface area (Å²) in [6, 6.07) is 14.6. The molecule has 0 aliphatic carbocycles. The molecule has 0 amide bonds. The maximum absolute atomic E-state index is 13.1. The molecule has 11 heteroatoms. The lowest BCUT2D eigenvalue weighted by Crippen LogP contribution is -2.23. The largest absolute Gasteiger partial charge is 0.417 e. The number of rotatable bonds is 5. The van der Waals surface area contributed by atoms with Gasteiger partial charge in [-0.3, -0.25) is 10.4 Å². The summed E-state index contributed by atoms with van der Waals surface area (Å²) in [5.74, 6) is 0. The van der Waals surface area contributed by atoms with Crippen LogP contribution in [0.1, 0.15) is 11.3 Å². The van der Waals surface area contributed by atoms with Gasteiger partial charge in [0.2, 0.25) is 0 Å². The molecule has 1 heterocycles. The molecule has 0 radical (unpaired) electrons. The minimum atomic E-state index is -4.51. The second kappa shape index (κ2) is 10.3. The van der Waals surface area contributed by atoms with E-state index in [1.54, 1.807) is 48.5 Å². The zero-order chi connectivity index (χ0) is 22.4. The highest BCUT2D eigenvalue weighted by molar-refractivity contribution is 7.99. The zero-order valence-electron chi connectivity index (χ0n) is 15.5. The number of thiocarbonyl (C=S) groups is 1. The van der Waals surface area contributed by atoms with Crippen molar-refractivity contribution in [2.75, 3.05) is 5.32 Å². The Morgan fingerprint density at radius 1 is 1.03 bits per heavy atom. The number of benzene rings is 2. The zero-order valence-corrected chi connectivity index (χ0v) is 18.6. The van der Waals surface area contributed by atoms with Gasteiger partial charge in [0, 0.05) is 31.7 Å². The summed E-state index contributed by atoms with van der Waals surface area (Å²) in [5, 5.41) is 8.19. The van der Waals surface area contributed by atoms with Crippen LogP contribution in [0.3, 0.4) is 0 Å². The van der Waals surface area contributed by atoms with Gasteiger partial charge < -0.3 is 5.32 Å². The number of anilines is 1. The third-order valence-electron chi connectivity index (χ3n) is 3.71. The molecule has 3 aromatic rings. The van der Waals surface area contributed by atoms with E-state index in [9.17, 15) is 13.2 Å². The maximum Gasteiger partial charge on any atom is 0.417 e. The standard InChI is InChI=1S/C20H13Cl2F3N4S2/c21-13-1-5-15(6-2-13)28-19(30)29-27-11-17-18(9-12(10-26-17)20(23,24)25)31-16-7-3-14(22)4-8-16/h1-11H,(H2,28,29,30)/b27-11+. The molecule has 0 saturated carbocycles. The number of halogens is 5. The molecule has 0 unspecified atom stereocenters. The molecule has 31 heavy (non-hydrogen) atoms.